The molecule has 8 heteroatoms. The third-order valence-electron chi connectivity index (χ3n) is 5.29. The Labute approximate surface area is 181 Å². The lowest BCUT2D eigenvalue weighted by Gasteiger charge is -2.24. The lowest BCUT2D eigenvalue weighted by molar-refractivity contribution is -0.127. The number of likely N-dealkylation sites (tertiary alicyclic amines) is 1. The van der Waals surface area contributed by atoms with Crippen molar-refractivity contribution in [2.45, 2.75) is 26.3 Å². The van der Waals surface area contributed by atoms with E-state index < -0.39 is 17.9 Å². The van der Waals surface area contributed by atoms with Gasteiger partial charge >= 0.3 is 0 Å². The molecule has 8 nitrogen and oxygen atoms in total. The summed E-state index contributed by atoms with van der Waals surface area (Å²) in [6, 6.07) is 12.9. The van der Waals surface area contributed by atoms with Gasteiger partial charge in [-0.25, -0.2) is 0 Å². The first-order chi connectivity index (χ1) is 14.8. The summed E-state index contributed by atoms with van der Waals surface area (Å²) in [6.07, 6.45) is 0.227. The summed E-state index contributed by atoms with van der Waals surface area (Å²) in [6.45, 7) is 3.79. The number of oxime groups is 1. The van der Waals surface area contributed by atoms with Crippen LogP contribution in [0.25, 0.3) is 11.1 Å². The second-order valence-corrected chi connectivity index (χ2v) is 7.52. The van der Waals surface area contributed by atoms with Crippen LogP contribution in [0.15, 0.2) is 47.6 Å². The molecule has 0 aliphatic carbocycles. The van der Waals surface area contributed by atoms with Crippen LogP contribution in [0.2, 0.25) is 0 Å². The fraction of sp³-hybridized carbons (Fsp3) is 0.304. The summed E-state index contributed by atoms with van der Waals surface area (Å²) < 4.78 is 0. The molecule has 0 bridgehead atoms. The smallest absolute Gasteiger partial charge is 0.255 e. The van der Waals surface area contributed by atoms with Crippen molar-refractivity contribution in [2.75, 3.05) is 20.2 Å². The molecule has 0 saturated carbocycles. The molecular formula is C23H26N4O4. The number of nitrogens with zero attached hydrogens (tertiary/aromatic N) is 2. The average Bonchev–Trinajstić information content (AvgIpc) is 3.16. The first-order valence-corrected chi connectivity index (χ1v) is 9.94. The first kappa shape index (κ1) is 22.0. The quantitative estimate of drug-likeness (QED) is 0.691. The Balaban J connectivity index is 1.88. The highest BCUT2D eigenvalue weighted by Gasteiger charge is 2.38. The molecule has 2 aromatic carbocycles. The molecule has 1 aliphatic heterocycles. The molecule has 1 aliphatic rings. The molecule has 1 atom stereocenters. The SMILES string of the molecule is CON=C1C[C@@H](C(=O)NCC(N)=O)N(C(=O)c2ccc(-c3ccccc3C)cc2C)C1. The van der Waals surface area contributed by atoms with Crippen LogP contribution in [-0.4, -0.2) is 54.6 Å². The van der Waals surface area contributed by atoms with E-state index in [1.807, 2.05) is 50.2 Å². The fourth-order valence-corrected chi connectivity index (χ4v) is 3.76. The van der Waals surface area contributed by atoms with Crippen molar-refractivity contribution in [3.63, 3.8) is 0 Å². The topological polar surface area (TPSA) is 114 Å². The molecule has 0 radical (unpaired) electrons. The Bertz CT molecular complexity index is 1050. The molecule has 2 aromatic rings. The van der Waals surface area contributed by atoms with E-state index in [0.717, 1.165) is 22.3 Å². The van der Waals surface area contributed by atoms with Gasteiger partial charge in [0.05, 0.1) is 18.8 Å². The minimum atomic E-state index is -0.795. The number of carbonyl (C=O) groups is 3. The maximum Gasteiger partial charge on any atom is 0.255 e. The monoisotopic (exact) mass is 422 g/mol. The van der Waals surface area contributed by atoms with E-state index in [9.17, 15) is 14.4 Å². The van der Waals surface area contributed by atoms with Crippen molar-refractivity contribution in [1.82, 2.24) is 10.2 Å². The maximum atomic E-state index is 13.3. The van der Waals surface area contributed by atoms with Gasteiger partial charge in [-0.1, -0.05) is 41.6 Å². The van der Waals surface area contributed by atoms with Crippen LogP contribution in [0.5, 0.6) is 0 Å². The summed E-state index contributed by atoms with van der Waals surface area (Å²) in [5, 5.41) is 6.39. The van der Waals surface area contributed by atoms with Crippen molar-refractivity contribution < 1.29 is 19.2 Å². The molecule has 162 valence electrons. The van der Waals surface area contributed by atoms with Crippen LogP contribution in [0.3, 0.4) is 0 Å². The zero-order valence-corrected chi connectivity index (χ0v) is 17.8. The zero-order valence-electron chi connectivity index (χ0n) is 17.8. The van der Waals surface area contributed by atoms with E-state index in [1.54, 1.807) is 6.07 Å². The Kier molecular flexibility index (Phi) is 6.69. The lowest BCUT2D eigenvalue weighted by Crippen LogP contribution is -2.47. The van der Waals surface area contributed by atoms with E-state index >= 15 is 0 Å². The minimum Gasteiger partial charge on any atom is -0.399 e. The van der Waals surface area contributed by atoms with E-state index in [-0.39, 0.29) is 25.4 Å². The highest BCUT2D eigenvalue weighted by Crippen LogP contribution is 2.27. The first-order valence-electron chi connectivity index (χ1n) is 9.94. The number of amides is 3. The van der Waals surface area contributed by atoms with Crippen molar-refractivity contribution in [1.29, 1.82) is 0 Å². The molecule has 3 amide bonds. The molecule has 3 rings (SSSR count). The second kappa shape index (κ2) is 9.42. The number of carbonyl (C=O) groups excluding carboxylic acids is 3. The van der Waals surface area contributed by atoms with Crippen LogP contribution in [-0.2, 0) is 14.4 Å². The Morgan fingerprint density at radius 1 is 1.16 bits per heavy atom. The van der Waals surface area contributed by atoms with E-state index in [1.165, 1.54) is 12.0 Å². The molecule has 1 heterocycles. The van der Waals surface area contributed by atoms with Crippen LogP contribution < -0.4 is 11.1 Å². The molecule has 0 unspecified atom stereocenters. The van der Waals surface area contributed by atoms with E-state index in [4.69, 9.17) is 10.6 Å². The normalized spacial score (nSPS) is 16.9. The maximum absolute atomic E-state index is 13.3. The van der Waals surface area contributed by atoms with Gasteiger partial charge in [0.2, 0.25) is 11.8 Å². The second-order valence-electron chi connectivity index (χ2n) is 7.52. The predicted octanol–water partition coefficient (Wildman–Crippen LogP) is 1.79. The van der Waals surface area contributed by atoms with E-state index in [0.29, 0.717) is 11.3 Å². The largest absolute Gasteiger partial charge is 0.399 e. The number of rotatable bonds is 6. The van der Waals surface area contributed by atoms with Gasteiger partial charge in [0.25, 0.3) is 5.91 Å². The number of aryl methyl sites for hydroxylation is 2. The third kappa shape index (κ3) is 4.91. The summed E-state index contributed by atoms with van der Waals surface area (Å²) in [5.41, 5.74) is 10.3. The molecule has 3 N–H and O–H groups in total. The van der Waals surface area contributed by atoms with Gasteiger partial charge in [-0.05, 0) is 42.2 Å². The molecule has 0 aromatic heterocycles. The molecule has 1 saturated heterocycles. The summed E-state index contributed by atoms with van der Waals surface area (Å²) in [5.74, 6) is -1.39. The van der Waals surface area contributed by atoms with Crippen LogP contribution in [0.4, 0.5) is 0 Å². The Hall–Kier alpha value is -3.68. The van der Waals surface area contributed by atoms with Gasteiger partial charge in [-0.2, -0.15) is 0 Å². The van der Waals surface area contributed by atoms with Gasteiger partial charge < -0.3 is 20.8 Å². The number of primary amides is 1. The zero-order chi connectivity index (χ0) is 22.5. The Morgan fingerprint density at radius 2 is 1.90 bits per heavy atom. The predicted molar refractivity (Wildman–Crippen MR) is 117 cm³/mol. The van der Waals surface area contributed by atoms with Crippen LogP contribution >= 0.6 is 0 Å². The van der Waals surface area contributed by atoms with Gasteiger partial charge in [0, 0.05) is 12.0 Å². The van der Waals surface area contributed by atoms with Crippen LogP contribution in [0.1, 0.15) is 27.9 Å². The number of nitrogens with one attached hydrogen (secondary N) is 1. The van der Waals surface area contributed by atoms with Crippen molar-refractivity contribution >= 4 is 23.4 Å². The van der Waals surface area contributed by atoms with Gasteiger partial charge in [-0.15, -0.1) is 0 Å². The highest BCUT2D eigenvalue weighted by atomic mass is 16.6. The molecular weight excluding hydrogens is 396 g/mol. The summed E-state index contributed by atoms with van der Waals surface area (Å²) in [4.78, 5) is 43.2. The van der Waals surface area contributed by atoms with Gasteiger partial charge in [0.1, 0.15) is 13.2 Å². The molecule has 0 spiro atoms. The Morgan fingerprint density at radius 3 is 2.55 bits per heavy atom. The number of hydrogen-bond acceptors (Lipinski definition) is 5. The number of hydrogen-bond donors (Lipinski definition) is 2. The van der Waals surface area contributed by atoms with Crippen molar-refractivity contribution in [3.8, 4) is 11.1 Å². The minimum absolute atomic E-state index is 0.167. The van der Waals surface area contributed by atoms with Gasteiger partial charge in [-0.3, -0.25) is 14.4 Å². The summed E-state index contributed by atoms with van der Waals surface area (Å²) >= 11 is 0. The number of benzene rings is 2. The van der Waals surface area contributed by atoms with Crippen molar-refractivity contribution in [2.24, 2.45) is 10.9 Å². The highest BCUT2D eigenvalue weighted by molar-refractivity contribution is 6.06. The number of nitrogens with two attached hydrogens (primary N) is 1. The van der Waals surface area contributed by atoms with Gasteiger partial charge in [0.15, 0.2) is 0 Å². The average molecular weight is 422 g/mol. The molecule has 31 heavy (non-hydrogen) atoms. The third-order valence-corrected chi connectivity index (χ3v) is 5.29. The van der Waals surface area contributed by atoms with Crippen LogP contribution in [0, 0.1) is 13.8 Å². The fourth-order valence-electron chi connectivity index (χ4n) is 3.76. The molecule has 1 fully saturated rings. The standard InChI is InChI=1S/C23H26N4O4/c1-14-6-4-5-7-18(14)16-8-9-19(15(2)10-16)23(30)27-13-17(26-31-3)11-20(27)22(29)25-12-21(24)28/h4-10,20H,11-13H2,1-3H3,(H2,24,28)(H,25,29)/t20-/m0/s1. The van der Waals surface area contributed by atoms with Crippen molar-refractivity contribution in [3.05, 3.63) is 59.2 Å². The summed E-state index contributed by atoms with van der Waals surface area (Å²) in [7, 11) is 1.41. The lowest BCUT2D eigenvalue weighted by atomic mass is 9.96. The van der Waals surface area contributed by atoms with E-state index in [2.05, 4.69) is 10.5 Å².